The summed E-state index contributed by atoms with van der Waals surface area (Å²) in [5.74, 6) is -0.227. The van der Waals surface area contributed by atoms with Gasteiger partial charge in [0.1, 0.15) is 5.82 Å². The average Bonchev–Trinajstić information content (AvgIpc) is 2.36. The van der Waals surface area contributed by atoms with Gasteiger partial charge >= 0.3 is 0 Å². The first-order valence-corrected chi connectivity index (χ1v) is 5.29. The van der Waals surface area contributed by atoms with Crippen LogP contribution in [0.25, 0.3) is 0 Å². The van der Waals surface area contributed by atoms with Crippen LogP contribution in [0.3, 0.4) is 0 Å². The Kier molecular flexibility index (Phi) is 4.47. The quantitative estimate of drug-likeness (QED) is 0.656. The number of nitrogens with zero attached hydrogens (tertiary/aromatic N) is 1. The van der Waals surface area contributed by atoms with Crippen LogP contribution in [0.5, 0.6) is 5.88 Å². The summed E-state index contributed by atoms with van der Waals surface area (Å²) in [6.45, 7) is 0. The molecule has 0 aliphatic rings. The lowest BCUT2D eigenvalue weighted by atomic mass is 10.0. The molecule has 0 aliphatic carbocycles. The van der Waals surface area contributed by atoms with E-state index < -0.39 is 5.91 Å². The second-order valence-corrected chi connectivity index (χ2v) is 3.52. The topological polar surface area (TPSA) is 106 Å². The molecule has 98 valence electrons. The standard InChI is InChI=1S/C11H16N4O3/c1-13-10-9(11(17)14-2)6(4-7(12)16)5-8(15-10)18-3/h5H,4H2,1-3H3,(H2,12,16)(H,13,15)(H,14,17). The molecular weight excluding hydrogens is 236 g/mol. The third-order valence-corrected chi connectivity index (χ3v) is 2.34. The summed E-state index contributed by atoms with van der Waals surface area (Å²) < 4.78 is 5.01. The van der Waals surface area contributed by atoms with Gasteiger partial charge in [0, 0.05) is 20.2 Å². The van der Waals surface area contributed by atoms with Crippen molar-refractivity contribution >= 4 is 17.6 Å². The SMILES string of the molecule is CNC(=O)c1c(CC(N)=O)cc(OC)nc1NC. The summed E-state index contributed by atoms with van der Waals surface area (Å²) in [5, 5.41) is 5.29. The van der Waals surface area contributed by atoms with Crippen LogP contribution in [0.4, 0.5) is 5.82 Å². The summed E-state index contributed by atoms with van der Waals surface area (Å²) >= 11 is 0. The van der Waals surface area contributed by atoms with Crippen molar-refractivity contribution in [1.29, 1.82) is 0 Å². The van der Waals surface area contributed by atoms with Crippen LogP contribution in [0.2, 0.25) is 0 Å². The predicted octanol–water partition coefficient (Wildman–Crippen LogP) is -0.481. The molecule has 1 rings (SSSR count). The number of hydrogen-bond acceptors (Lipinski definition) is 5. The molecule has 0 spiro atoms. The fourth-order valence-corrected chi connectivity index (χ4v) is 1.56. The van der Waals surface area contributed by atoms with Gasteiger partial charge in [-0.1, -0.05) is 0 Å². The highest BCUT2D eigenvalue weighted by Gasteiger charge is 2.19. The van der Waals surface area contributed by atoms with Crippen LogP contribution in [0.1, 0.15) is 15.9 Å². The number of carbonyl (C=O) groups excluding carboxylic acids is 2. The van der Waals surface area contributed by atoms with Crippen molar-refractivity contribution in [2.24, 2.45) is 5.73 Å². The van der Waals surface area contributed by atoms with Gasteiger partial charge in [-0.05, 0) is 5.56 Å². The third kappa shape index (κ3) is 2.88. The summed E-state index contributed by atoms with van der Waals surface area (Å²) in [7, 11) is 4.58. The molecule has 1 heterocycles. The molecule has 0 saturated carbocycles. The summed E-state index contributed by atoms with van der Waals surface area (Å²) in [6, 6.07) is 1.52. The molecule has 0 bridgehead atoms. The molecule has 0 fully saturated rings. The number of carbonyl (C=O) groups is 2. The van der Waals surface area contributed by atoms with Crippen LogP contribution in [-0.2, 0) is 11.2 Å². The molecule has 2 amide bonds. The zero-order valence-corrected chi connectivity index (χ0v) is 10.5. The van der Waals surface area contributed by atoms with E-state index in [1.54, 1.807) is 7.05 Å². The second kappa shape index (κ2) is 5.85. The monoisotopic (exact) mass is 252 g/mol. The number of amides is 2. The van der Waals surface area contributed by atoms with Crippen LogP contribution >= 0.6 is 0 Å². The molecule has 0 radical (unpaired) electrons. The van der Waals surface area contributed by atoms with Gasteiger partial charge in [0.25, 0.3) is 5.91 Å². The van der Waals surface area contributed by atoms with Crippen LogP contribution in [0, 0.1) is 0 Å². The molecule has 0 aliphatic heterocycles. The Hall–Kier alpha value is -2.31. The number of anilines is 1. The van der Waals surface area contributed by atoms with E-state index in [1.807, 2.05) is 0 Å². The van der Waals surface area contributed by atoms with Gasteiger partial charge in [0.2, 0.25) is 11.8 Å². The Balaban J connectivity index is 3.41. The van der Waals surface area contributed by atoms with Gasteiger partial charge in [-0.15, -0.1) is 0 Å². The largest absolute Gasteiger partial charge is 0.481 e. The lowest BCUT2D eigenvalue weighted by Gasteiger charge is -2.13. The molecule has 18 heavy (non-hydrogen) atoms. The van der Waals surface area contributed by atoms with Gasteiger partial charge in [0.15, 0.2) is 0 Å². The van der Waals surface area contributed by atoms with Gasteiger partial charge in [-0.3, -0.25) is 9.59 Å². The van der Waals surface area contributed by atoms with E-state index in [0.717, 1.165) is 0 Å². The molecule has 1 aromatic heterocycles. The fourth-order valence-electron chi connectivity index (χ4n) is 1.56. The highest BCUT2D eigenvalue weighted by atomic mass is 16.5. The van der Waals surface area contributed by atoms with Gasteiger partial charge in [-0.2, -0.15) is 4.98 Å². The average molecular weight is 252 g/mol. The number of rotatable bonds is 5. The van der Waals surface area contributed by atoms with Crippen LogP contribution in [0.15, 0.2) is 6.07 Å². The predicted molar refractivity (Wildman–Crippen MR) is 66.6 cm³/mol. The maximum atomic E-state index is 11.8. The van der Waals surface area contributed by atoms with Crippen molar-refractivity contribution in [2.75, 3.05) is 26.5 Å². The molecule has 4 N–H and O–H groups in total. The fraction of sp³-hybridized carbons (Fsp3) is 0.364. The van der Waals surface area contributed by atoms with E-state index >= 15 is 0 Å². The zero-order chi connectivity index (χ0) is 13.7. The maximum absolute atomic E-state index is 11.8. The molecule has 7 heteroatoms. The normalized spacial score (nSPS) is 9.72. The van der Waals surface area contributed by atoms with Crippen molar-refractivity contribution in [3.05, 3.63) is 17.2 Å². The minimum absolute atomic E-state index is 0.0592. The Bertz CT molecular complexity index is 474. The molecule has 0 aromatic carbocycles. The van der Waals surface area contributed by atoms with Gasteiger partial charge in [-0.25, -0.2) is 0 Å². The highest BCUT2D eigenvalue weighted by molar-refractivity contribution is 6.01. The van der Waals surface area contributed by atoms with E-state index in [9.17, 15) is 9.59 Å². The second-order valence-electron chi connectivity index (χ2n) is 3.52. The minimum Gasteiger partial charge on any atom is -0.481 e. The van der Waals surface area contributed by atoms with Crippen LogP contribution in [-0.4, -0.2) is 38.0 Å². The number of methoxy groups -OCH3 is 1. The minimum atomic E-state index is -0.532. The van der Waals surface area contributed by atoms with Crippen molar-refractivity contribution in [1.82, 2.24) is 10.3 Å². The van der Waals surface area contributed by atoms with Gasteiger partial charge in [0.05, 0.1) is 19.1 Å². The Morgan fingerprint density at radius 2 is 2.11 bits per heavy atom. The molecule has 0 atom stereocenters. The first kappa shape index (κ1) is 13.8. The van der Waals surface area contributed by atoms with Crippen molar-refractivity contribution < 1.29 is 14.3 Å². The summed E-state index contributed by atoms with van der Waals surface area (Å²) in [5.41, 5.74) is 5.93. The number of pyridine rings is 1. The Labute approximate surface area is 105 Å². The molecule has 7 nitrogen and oxygen atoms in total. The number of hydrogen-bond donors (Lipinski definition) is 3. The number of nitrogens with one attached hydrogen (secondary N) is 2. The highest BCUT2D eigenvalue weighted by Crippen LogP contribution is 2.23. The first-order chi connectivity index (χ1) is 8.53. The smallest absolute Gasteiger partial charge is 0.255 e. The number of primary amides is 1. The Morgan fingerprint density at radius 3 is 2.56 bits per heavy atom. The first-order valence-electron chi connectivity index (χ1n) is 5.29. The zero-order valence-electron chi connectivity index (χ0n) is 10.5. The van der Waals surface area contributed by atoms with E-state index in [1.165, 1.54) is 20.2 Å². The lowest BCUT2D eigenvalue weighted by Crippen LogP contribution is -2.24. The number of nitrogens with two attached hydrogens (primary N) is 1. The van der Waals surface area contributed by atoms with Gasteiger partial charge < -0.3 is 21.1 Å². The number of ether oxygens (including phenoxy) is 1. The van der Waals surface area contributed by atoms with E-state index in [2.05, 4.69) is 15.6 Å². The third-order valence-electron chi connectivity index (χ3n) is 2.34. The lowest BCUT2D eigenvalue weighted by molar-refractivity contribution is -0.117. The van der Waals surface area contributed by atoms with Crippen molar-refractivity contribution in [3.63, 3.8) is 0 Å². The van der Waals surface area contributed by atoms with E-state index in [0.29, 0.717) is 22.8 Å². The van der Waals surface area contributed by atoms with E-state index in [4.69, 9.17) is 10.5 Å². The molecule has 0 unspecified atom stereocenters. The molecule has 1 aromatic rings. The van der Waals surface area contributed by atoms with E-state index in [-0.39, 0.29) is 12.3 Å². The summed E-state index contributed by atoms with van der Waals surface area (Å²) in [4.78, 5) is 27.0. The maximum Gasteiger partial charge on any atom is 0.255 e. The molecular formula is C11H16N4O3. The molecule has 0 saturated heterocycles. The van der Waals surface area contributed by atoms with Crippen molar-refractivity contribution in [2.45, 2.75) is 6.42 Å². The van der Waals surface area contributed by atoms with Crippen LogP contribution < -0.4 is 21.1 Å². The Morgan fingerprint density at radius 1 is 1.44 bits per heavy atom. The van der Waals surface area contributed by atoms with Crippen molar-refractivity contribution in [3.8, 4) is 5.88 Å². The number of aromatic nitrogens is 1. The summed E-state index contributed by atoms with van der Waals surface area (Å²) in [6.07, 6.45) is -0.0592.